The van der Waals surface area contributed by atoms with Crippen LogP contribution in [0.15, 0.2) is 51.9 Å². The molecule has 1 unspecified atom stereocenters. The number of carbonyl (C=O) groups is 1. The maximum atomic E-state index is 12.1. The topological polar surface area (TPSA) is 41.5 Å². The van der Waals surface area contributed by atoms with Crippen LogP contribution in [0.2, 0.25) is 0 Å². The summed E-state index contributed by atoms with van der Waals surface area (Å²) in [6.45, 7) is 1.96. The van der Waals surface area contributed by atoms with Crippen molar-refractivity contribution in [1.29, 1.82) is 0 Å². The summed E-state index contributed by atoms with van der Waals surface area (Å²) in [5.74, 6) is -0.0474. The minimum atomic E-state index is -0.320. The number of hydrogen-bond acceptors (Lipinski definition) is 2. The quantitative estimate of drug-likeness (QED) is 0.869. The van der Waals surface area contributed by atoms with E-state index in [4.69, 9.17) is 0 Å². The molecule has 3 rings (SSSR count). The van der Waals surface area contributed by atoms with Gasteiger partial charge < -0.3 is 5.32 Å². The summed E-state index contributed by atoms with van der Waals surface area (Å²) < 4.78 is 0.989. The van der Waals surface area contributed by atoms with Gasteiger partial charge in [0.25, 0.3) is 0 Å². The van der Waals surface area contributed by atoms with Gasteiger partial charge in [0.15, 0.2) is 0 Å². The maximum absolute atomic E-state index is 12.1. The minimum absolute atomic E-state index is 0.0474. The third-order valence-electron chi connectivity index (χ3n) is 3.59. The van der Waals surface area contributed by atoms with Gasteiger partial charge in [0.05, 0.1) is 5.69 Å². The zero-order chi connectivity index (χ0) is 14.8. The van der Waals surface area contributed by atoms with Crippen molar-refractivity contribution < 1.29 is 4.79 Å². The smallest absolute Gasteiger partial charge is 0.249 e. The number of nitrogens with one attached hydrogen (secondary N) is 1. The lowest BCUT2D eigenvalue weighted by molar-refractivity contribution is -0.117. The van der Waals surface area contributed by atoms with Crippen molar-refractivity contribution in [2.45, 2.75) is 19.4 Å². The highest BCUT2D eigenvalue weighted by atomic mass is 79.9. The van der Waals surface area contributed by atoms with Crippen LogP contribution >= 0.6 is 15.9 Å². The fraction of sp³-hybridized carbons (Fsp3) is 0.176. The monoisotopic (exact) mass is 342 g/mol. The fourth-order valence-electron chi connectivity index (χ4n) is 2.47. The Balaban J connectivity index is 2.20. The van der Waals surface area contributed by atoms with Gasteiger partial charge >= 0.3 is 0 Å². The molecule has 3 nitrogen and oxygen atoms in total. The van der Waals surface area contributed by atoms with Gasteiger partial charge in [0.2, 0.25) is 5.91 Å². The molecule has 2 aromatic rings. The molecule has 106 valence electrons. The number of fused-ring (bicyclic) bond motifs is 1. The van der Waals surface area contributed by atoms with Crippen LogP contribution in [0.25, 0.3) is 11.1 Å². The van der Waals surface area contributed by atoms with E-state index in [2.05, 4.69) is 38.4 Å². The number of amides is 1. The Bertz CT molecular complexity index is 710. The molecule has 1 amide bonds. The maximum Gasteiger partial charge on any atom is 0.249 e. The standard InChI is InChI=1S/C17H15BrN2O/c1-2-14-17(21)20-15-9-8-13(18)16(12(15)10-19-14)11-6-4-3-5-7-11/h3-10,14H,2H2,1H3,(H,20,21). The number of halogens is 1. The number of benzodiazepines with no additional fused rings is 1. The highest BCUT2D eigenvalue weighted by Crippen LogP contribution is 2.36. The van der Waals surface area contributed by atoms with Crippen LogP contribution in [-0.4, -0.2) is 18.2 Å². The van der Waals surface area contributed by atoms with E-state index in [1.165, 1.54) is 0 Å². The molecular weight excluding hydrogens is 328 g/mol. The van der Waals surface area contributed by atoms with Crippen LogP contribution in [0.3, 0.4) is 0 Å². The first-order chi connectivity index (χ1) is 10.2. The van der Waals surface area contributed by atoms with E-state index in [-0.39, 0.29) is 11.9 Å². The molecule has 4 heteroatoms. The largest absolute Gasteiger partial charge is 0.324 e. The van der Waals surface area contributed by atoms with Crippen molar-refractivity contribution in [3.05, 3.63) is 52.5 Å². The van der Waals surface area contributed by atoms with E-state index in [0.717, 1.165) is 26.9 Å². The first-order valence-electron chi connectivity index (χ1n) is 6.92. The van der Waals surface area contributed by atoms with Gasteiger partial charge in [0, 0.05) is 21.8 Å². The summed E-state index contributed by atoms with van der Waals surface area (Å²) in [5.41, 5.74) is 3.90. The fourth-order valence-corrected chi connectivity index (χ4v) is 3.05. The van der Waals surface area contributed by atoms with E-state index in [0.29, 0.717) is 6.42 Å². The van der Waals surface area contributed by atoms with E-state index < -0.39 is 0 Å². The molecule has 0 radical (unpaired) electrons. The van der Waals surface area contributed by atoms with Crippen molar-refractivity contribution in [2.24, 2.45) is 4.99 Å². The molecule has 0 saturated carbocycles. The Morgan fingerprint density at radius 3 is 2.67 bits per heavy atom. The number of hydrogen-bond donors (Lipinski definition) is 1. The molecule has 0 saturated heterocycles. The number of rotatable bonds is 2. The van der Waals surface area contributed by atoms with Crippen molar-refractivity contribution in [1.82, 2.24) is 0 Å². The van der Waals surface area contributed by atoms with Crippen LogP contribution in [0.1, 0.15) is 18.9 Å². The SMILES string of the molecule is CCC1N=Cc2c(ccc(Br)c2-c2ccccc2)NC1=O. The summed E-state index contributed by atoms with van der Waals surface area (Å²) in [6.07, 6.45) is 2.51. The number of anilines is 1. The molecule has 2 aromatic carbocycles. The molecule has 0 fully saturated rings. The number of aliphatic imine (C=N–C) groups is 1. The molecule has 0 aromatic heterocycles. The molecule has 0 bridgehead atoms. The van der Waals surface area contributed by atoms with E-state index in [1.54, 1.807) is 0 Å². The lowest BCUT2D eigenvalue weighted by atomic mass is 9.99. The minimum Gasteiger partial charge on any atom is -0.324 e. The van der Waals surface area contributed by atoms with Gasteiger partial charge in [-0.05, 0) is 24.1 Å². The first-order valence-corrected chi connectivity index (χ1v) is 7.72. The lowest BCUT2D eigenvalue weighted by Crippen LogP contribution is -2.24. The molecule has 1 heterocycles. The molecule has 21 heavy (non-hydrogen) atoms. The van der Waals surface area contributed by atoms with Gasteiger partial charge in [0.1, 0.15) is 6.04 Å². The highest BCUT2D eigenvalue weighted by Gasteiger charge is 2.22. The van der Waals surface area contributed by atoms with Crippen molar-refractivity contribution in [3.63, 3.8) is 0 Å². The zero-order valence-electron chi connectivity index (χ0n) is 11.6. The molecule has 0 spiro atoms. The van der Waals surface area contributed by atoms with E-state index in [1.807, 2.05) is 43.5 Å². The Morgan fingerprint density at radius 2 is 1.95 bits per heavy atom. The predicted molar refractivity (Wildman–Crippen MR) is 89.9 cm³/mol. The molecule has 1 N–H and O–H groups in total. The Kier molecular flexibility index (Phi) is 3.88. The average molecular weight is 343 g/mol. The van der Waals surface area contributed by atoms with Crippen LogP contribution in [0.5, 0.6) is 0 Å². The molecule has 1 atom stereocenters. The highest BCUT2D eigenvalue weighted by molar-refractivity contribution is 9.10. The van der Waals surface area contributed by atoms with Crippen LogP contribution in [0.4, 0.5) is 5.69 Å². The summed E-state index contributed by atoms with van der Waals surface area (Å²) in [7, 11) is 0. The van der Waals surface area contributed by atoms with Gasteiger partial charge in [-0.1, -0.05) is 53.2 Å². The van der Waals surface area contributed by atoms with Gasteiger partial charge in [-0.15, -0.1) is 0 Å². The van der Waals surface area contributed by atoms with Crippen molar-refractivity contribution in [3.8, 4) is 11.1 Å². The second kappa shape index (κ2) is 5.82. The lowest BCUT2D eigenvalue weighted by Gasteiger charge is -2.13. The average Bonchev–Trinajstić information content (AvgIpc) is 2.66. The summed E-state index contributed by atoms with van der Waals surface area (Å²) in [4.78, 5) is 16.5. The summed E-state index contributed by atoms with van der Waals surface area (Å²) >= 11 is 3.61. The zero-order valence-corrected chi connectivity index (χ0v) is 13.2. The Labute approximate surface area is 132 Å². The van der Waals surface area contributed by atoms with Crippen molar-refractivity contribution in [2.75, 3.05) is 5.32 Å². The number of nitrogens with zero attached hydrogens (tertiary/aromatic N) is 1. The first kappa shape index (κ1) is 14.0. The Hall–Kier alpha value is -1.94. The summed E-state index contributed by atoms with van der Waals surface area (Å²) in [6, 6.07) is 13.7. The third-order valence-corrected chi connectivity index (χ3v) is 4.25. The molecule has 1 aliphatic heterocycles. The summed E-state index contributed by atoms with van der Waals surface area (Å²) in [5, 5.41) is 2.98. The van der Waals surface area contributed by atoms with Crippen molar-refractivity contribution >= 4 is 33.7 Å². The number of carbonyl (C=O) groups excluding carboxylic acids is 1. The van der Waals surface area contributed by atoms with E-state index in [9.17, 15) is 4.79 Å². The van der Waals surface area contributed by atoms with Crippen LogP contribution < -0.4 is 5.32 Å². The van der Waals surface area contributed by atoms with Gasteiger partial charge in [-0.25, -0.2) is 0 Å². The normalized spacial score (nSPS) is 17.0. The number of benzene rings is 2. The second-order valence-corrected chi connectivity index (χ2v) is 5.80. The molecular formula is C17H15BrN2O. The van der Waals surface area contributed by atoms with Crippen LogP contribution in [-0.2, 0) is 4.79 Å². The van der Waals surface area contributed by atoms with E-state index >= 15 is 0 Å². The third kappa shape index (κ3) is 2.63. The predicted octanol–water partition coefficient (Wildman–Crippen LogP) is 4.27. The molecule has 1 aliphatic rings. The van der Waals surface area contributed by atoms with Crippen LogP contribution in [0, 0.1) is 0 Å². The van der Waals surface area contributed by atoms with Gasteiger partial charge in [-0.3, -0.25) is 9.79 Å². The second-order valence-electron chi connectivity index (χ2n) is 4.94. The Morgan fingerprint density at radius 1 is 1.19 bits per heavy atom. The molecule has 0 aliphatic carbocycles. The van der Waals surface area contributed by atoms with Gasteiger partial charge in [-0.2, -0.15) is 0 Å².